The average Bonchev–Trinajstić information content (AvgIpc) is 2.63. The van der Waals surface area contributed by atoms with Crippen LogP contribution in [-0.4, -0.2) is 29.6 Å². The zero-order chi connectivity index (χ0) is 21.3. The van der Waals surface area contributed by atoms with Crippen molar-refractivity contribution in [3.8, 4) is 11.5 Å². The van der Waals surface area contributed by atoms with E-state index in [1.54, 1.807) is 13.0 Å². The fourth-order valence-electron chi connectivity index (χ4n) is 3.44. The highest BCUT2D eigenvalue weighted by Crippen LogP contribution is 2.31. The van der Waals surface area contributed by atoms with Gasteiger partial charge in [0.2, 0.25) is 0 Å². The maximum atomic E-state index is 13.1. The molecule has 0 aliphatic carbocycles. The van der Waals surface area contributed by atoms with Crippen LogP contribution in [0, 0.1) is 20.8 Å². The summed E-state index contributed by atoms with van der Waals surface area (Å²) in [6, 6.07) is 7.45. The Labute approximate surface area is 168 Å². The number of imide groups is 2. The Morgan fingerprint density at radius 2 is 1.72 bits per heavy atom. The van der Waals surface area contributed by atoms with Crippen molar-refractivity contribution in [3.63, 3.8) is 0 Å². The van der Waals surface area contributed by atoms with Crippen LogP contribution in [0.15, 0.2) is 35.9 Å². The van der Waals surface area contributed by atoms with Crippen LogP contribution in [0.5, 0.6) is 11.5 Å². The van der Waals surface area contributed by atoms with Crippen LogP contribution in [0.25, 0.3) is 6.08 Å². The number of aromatic hydroxyl groups is 1. The highest BCUT2D eigenvalue weighted by molar-refractivity contribution is 6.39. The van der Waals surface area contributed by atoms with Gasteiger partial charge in [0.15, 0.2) is 11.5 Å². The van der Waals surface area contributed by atoms with Gasteiger partial charge in [0, 0.05) is 0 Å². The Morgan fingerprint density at radius 1 is 1.07 bits per heavy atom. The molecule has 1 heterocycles. The summed E-state index contributed by atoms with van der Waals surface area (Å²) in [6.45, 7) is 7.67. The number of urea groups is 1. The van der Waals surface area contributed by atoms with Crippen LogP contribution in [0.4, 0.5) is 10.5 Å². The van der Waals surface area contributed by atoms with Crippen LogP contribution in [0.1, 0.15) is 29.2 Å². The molecule has 29 heavy (non-hydrogen) atoms. The van der Waals surface area contributed by atoms with E-state index in [2.05, 4.69) is 5.32 Å². The van der Waals surface area contributed by atoms with Crippen molar-refractivity contribution in [2.24, 2.45) is 0 Å². The van der Waals surface area contributed by atoms with Crippen LogP contribution in [-0.2, 0) is 9.59 Å². The molecule has 7 heteroatoms. The van der Waals surface area contributed by atoms with Crippen molar-refractivity contribution >= 4 is 29.6 Å². The standard InChI is InChI=1S/C22H22N2O5/c1-5-29-18-11-15(6-7-17(18)25)10-16-20(26)23-22(28)24(21(16)27)19-13(3)8-12(2)9-14(19)4/h6-11,25H,5H2,1-4H3,(H,23,26,28)/b16-10-. The van der Waals surface area contributed by atoms with Crippen LogP contribution >= 0.6 is 0 Å². The van der Waals surface area contributed by atoms with Gasteiger partial charge in [0.1, 0.15) is 5.57 Å². The number of hydrogen-bond acceptors (Lipinski definition) is 5. The third-order valence-corrected chi connectivity index (χ3v) is 4.56. The lowest BCUT2D eigenvalue weighted by Crippen LogP contribution is -2.54. The van der Waals surface area contributed by atoms with Gasteiger partial charge in [0.05, 0.1) is 12.3 Å². The number of nitrogens with zero attached hydrogens (tertiary/aromatic N) is 1. The number of benzene rings is 2. The Morgan fingerprint density at radius 3 is 2.34 bits per heavy atom. The zero-order valence-electron chi connectivity index (χ0n) is 16.7. The summed E-state index contributed by atoms with van der Waals surface area (Å²) in [7, 11) is 0. The Bertz CT molecular complexity index is 1030. The predicted octanol–water partition coefficient (Wildman–Crippen LogP) is 3.38. The van der Waals surface area contributed by atoms with E-state index in [-0.39, 0.29) is 17.1 Å². The number of carbonyl (C=O) groups excluding carboxylic acids is 3. The van der Waals surface area contributed by atoms with Crippen LogP contribution < -0.4 is 15.0 Å². The Kier molecular flexibility index (Phi) is 5.41. The van der Waals surface area contributed by atoms with E-state index in [0.717, 1.165) is 21.6 Å². The van der Waals surface area contributed by atoms with E-state index in [4.69, 9.17) is 4.74 Å². The van der Waals surface area contributed by atoms with Crippen molar-refractivity contribution < 1.29 is 24.2 Å². The maximum absolute atomic E-state index is 13.1. The molecule has 0 radical (unpaired) electrons. The molecule has 0 aromatic heterocycles. The monoisotopic (exact) mass is 394 g/mol. The number of rotatable bonds is 4. The lowest BCUT2D eigenvalue weighted by Gasteiger charge is -2.29. The summed E-state index contributed by atoms with van der Waals surface area (Å²) in [6.07, 6.45) is 1.37. The molecule has 0 saturated carbocycles. The van der Waals surface area contributed by atoms with Crippen molar-refractivity contribution in [1.29, 1.82) is 0 Å². The fraction of sp³-hybridized carbons (Fsp3) is 0.227. The van der Waals surface area contributed by atoms with E-state index >= 15 is 0 Å². The molecule has 0 unspecified atom stereocenters. The number of hydrogen-bond donors (Lipinski definition) is 2. The number of anilines is 1. The van der Waals surface area contributed by atoms with Gasteiger partial charge in [-0.3, -0.25) is 14.9 Å². The first-order chi connectivity index (χ1) is 13.7. The molecule has 2 N–H and O–H groups in total. The number of carbonyl (C=O) groups is 3. The Hall–Kier alpha value is -3.61. The third-order valence-electron chi connectivity index (χ3n) is 4.56. The van der Waals surface area contributed by atoms with Crippen LogP contribution in [0.2, 0.25) is 0 Å². The van der Waals surface area contributed by atoms with Gasteiger partial charge in [-0.25, -0.2) is 9.69 Å². The van der Waals surface area contributed by atoms with Gasteiger partial charge < -0.3 is 9.84 Å². The molecule has 1 saturated heterocycles. The molecule has 7 nitrogen and oxygen atoms in total. The summed E-state index contributed by atoms with van der Waals surface area (Å²) in [5, 5.41) is 12.1. The quantitative estimate of drug-likeness (QED) is 0.612. The topological polar surface area (TPSA) is 95.9 Å². The summed E-state index contributed by atoms with van der Waals surface area (Å²) >= 11 is 0. The molecular weight excluding hydrogens is 372 g/mol. The van der Waals surface area contributed by atoms with Gasteiger partial charge in [-0.15, -0.1) is 0 Å². The molecule has 3 rings (SSSR count). The zero-order valence-corrected chi connectivity index (χ0v) is 16.7. The fourth-order valence-corrected chi connectivity index (χ4v) is 3.44. The minimum atomic E-state index is -0.784. The summed E-state index contributed by atoms with van der Waals surface area (Å²) in [5.74, 6) is -1.29. The maximum Gasteiger partial charge on any atom is 0.335 e. The molecule has 2 aromatic carbocycles. The van der Waals surface area contributed by atoms with E-state index < -0.39 is 17.8 Å². The third kappa shape index (κ3) is 3.85. The van der Waals surface area contributed by atoms with Gasteiger partial charge >= 0.3 is 6.03 Å². The smallest absolute Gasteiger partial charge is 0.335 e. The lowest BCUT2D eigenvalue weighted by atomic mass is 10.0. The molecule has 1 aliphatic rings. The van der Waals surface area contributed by atoms with E-state index in [1.165, 1.54) is 18.2 Å². The normalized spacial score (nSPS) is 15.7. The molecule has 4 amide bonds. The van der Waals surface area contributed by atoms with Crippen molar-refractivity contribution in [3.05, 3.63) is 58.2 Å². The van der Waals surface area contributed by atoms with Gasteiger partial charge in [-0.2, -0.15) is 0 Å². The van der Waals surface area contributed by atoms with E-state index in [9.17, 15) is 19.5 Å². The number of barbiturate groups is 1. The summed E-state index contributed by atoms with van der Waals surface area (Å²) in [5.41, 5.74) is 3.27. The number of nitrogens with one attached hydrogen (secondary N) is 1. The second-order valence-electron chi connectivity index (χ2n) is 6.87. The molecule has 0 spiro atoms. The first kappa shape index (κ1) is 20.1. The minimum absolute atomic E-state index is 0.0452. The first-order valence-corrected chi connectivity index (χ1v) is 9.18. The molecule has 0 atom stereocenters. The Balaban J connectivity index is 2.06. The highest BCUT2D eigenvalue weighted by Gasteiger charge is 2.38. The molecule has 2 aromatic rings. The summed E-state index contributed by atoms with van der Waals surface area (Å²) < 4.78 is 5.34. The number of amides is 4. The molecule has 0 bridgehead atoms. The van der Waals surface area contributed by atoms with Crippen molar-refractivity contribution in [2.75, 3.05) is 11.5 Å². The largest absolute Gasteiger partial charge is 0.504 e. The number of phenols is 1. The van der Waals surface area contributed by atoms with E-state index in [1.807, 2.05) is 32.9 Å². The molecule has 1 aliphatic heterocycles. The second kappa shape index (κ2) is 7.79. The molecular formula is C22H22N2O5. The lowest BCUT2D eigenvalue weighted by molar-refractivity contribution is -0.122. The number of phenolic OH excluding ortho intramolecular Hbond substituents is 1. The highest BCUT2D eigenvalue weighted by atomic mass is 16.5. The van der Waals surface area contributed by atoms with Gasteiger partial charge in [-0.05, 0) is 62.6 Å². The van der Waals surface area contributed by atoms with Crippen molar-refractivity contribution in [1.82, 2.24) is 5.32 Å². The second-order valence-corrected chi connectivity index (χ2v) is 6.87. The van der Waals surface area contributed by atoms with Crippen LogP contribution in [0.3, 0.4) is 0 Å². The van der Waals surface area contributed by atoms with Gasteiger partial charge in [0.25, 0.3) is 11.8 Å². The predicted molar refractivity (Wildman–Crippen MR) is 109 cm³/mol. The molecule has 1 fully saturated rings. The van der Waals surface area contributed by atoms with Gasteiger partial charge in [-0.1, -0.05) is 23.8 Å². The SMILES string of the molecule is CCOc1cc(/C=C2/C(=O)NC(=O)N(c3c(C)cc(C)cc3C)C2=O)ccc1O. The average molecular weight is 394 g/mol. The first-order valence-electron chi connectivity index (χ1n) is 9.18. The number of aryl methyl sites for hydroxylation is 3. The van der Waals surface area contributed by atoms with E-state index in [0.29, 0.717) is 17.9 Å². The minimum Gasteiger partial charge on any atom is -0.504 e. The summed E-state index contributed by atoms with van der Waals surface area (Å²) in [4.78, 5) is 39.0. The molecule has 150 valence electrons. The number of ether oxygens (including phenoxy) is 1. The van der Waals surface area contributed by atoms with Crippen molar-refractivity contribution in [2.45, 2.75) is 27.7 Å².